The first kappa shape index (κ1) is 16.4. The average Bonchev–Trinajstić information content (AvgIpc) is 3.28. The first-order valence-corrected chi connectivity index (χ1v) is 8.72. The number of fused-ring (bicyclic) bond motifs is 1. The average molecular weight is 351 g/mol. The monoisotopic (exact) mass is 351 g/mol. The number of nitrogens with zero attached hydrogens (tertiary/aromatic N) is 4. The molecule has 4 rings (SSSR count). The van der Waals surface area contributed by atoms with Gasteiger partial charge in [0.25, 0.3) is 0 Å². The van der Waals surface area contributed by atoms with E-state index in [0.29, 0.717) is 13.0 Å². The normalized spacial score (nSPS) is 17.1. The third-order valence-electron chi connectivity index (χ3n) is 4.64. The van der Waals surface area contributed by atoms with E-state index in [9.17, 15) is 4.79 Å². The minimum Gasteiger partial charge on any atom is -0.497 e. The van der Waals surface area contributed by atoms with Gasteiger partial charge in [-0.3, -0.25) is 4.79 Å². The predicted molar refractivity (Wildman–Crippen MR) is 99.7 cm³/mol. The lowest BCUT2D eigenvalue weighted by molar-refractivity contribution is -0.117. The number of hydrogen-bond donors (Lipinski definition) is 1. The van der Waals surface area contributed by atoms with Crippen LogP contribution in [0.25, 0.3) is 5.65 Å². The zero-order valence-corrected chi connectivity index (χ0v) is 14.8. The van der Waals surface area contributed by atoms with Crippen molar-refractivity contribution in [1.29, 1.82) is 0 Å². The summed E-state index contributed by atoms with van der Waals surface area (Å²) in [5.41, 5.74) is 2.69. The molecule has 26 heavy (non-hydrogen) atoms. The summed E-state index contributed by atoms with van der Waals surface area (Å²) in [5, 5.41) is 7.80. The molecule has 0 saturated carbocycles. The molecule has 1 saturated heterocycles. The van der Waals surface area contributed by atoms with Gasteiger partial charge in [-0.05, 0) is 30.7 Å². The maximum atomic E-state index is 12.5. The molecule has 3 aromatic rings. The summed E-state index contributed by atoms with van der Waals surface area (Å²) < 4.78 is 6.96. The minimum atomic E-state index is 0.0177. The summed E-state index contributed by atoms with van der Waals surface area (Å²) in [6, 6.07) is 11.5. The number of ether oxygens (including phenoxy) is 1. The number of anilines is 2. The predicted octanol–water partition coefficient (Wildman–Crippen LogP) is 2.52. The van der Waals surface area contributed by atoms with Crippen LogP contribution in [0.2, 0.25) is 0 Å². The van der Waals surface area contributed by atoms with Crippen molar-refractivity contribution >= 4 is 23.1 Å². The molecule has 1 fully saturated rings. The molecule has 134 valence electrons. The Bertz CT molecular complexity index is 935. The van der Waals surface area contributed by atoms with Crippen LogP contribution < -0.4 is 15.0 Å². The van der Waals surface area contributed by atoms with Crippen LogP contribution in [0.5, 0.6) is 5.75 Å². The van der Waals surface area contributed by atoms with Gasteiger partial charge in [0, 0.05) is 36.5 Å². The van der Waals surface area contributed by atoms with Crippen molar-refractivity contribution in [2.45, 2.75) is 25.8 Å². The number of aryl methyl sites for hydroxylation is 1. The van der Waals surface area contributed by atoms with Gasteiger partial charge in [0.15, 0.2) is 5.65 Å². The molecule has 1 atom stereocenters. The van der Waals surface area contributed by atoms with Crippen LogP contribution in [0.4, 0.5) is 11.5 Å². The van der Waals surface area contributed by atoms with Crippen LogP contribution in [-0.4, -0.2) is 40.2 Å². The number of aromatic nitrogens is 3. The highest BCUT2D eigenvalue weighted by atomic mass is 16.5. The maximum absolute atomic E-state index is 12.5. The fourth-order valence-corrected chi connectivity index (χ4v) is 3.27. The van der Waals surface area contributed by atoms with Crippen LogP contribution in [0, 0.1) is 0 Å². The van der Waals surface area contributed by atoms with Gasteiger partial charge in [0.1, 0.15) is 11.6 Å². The Morgan fingerprint density at radius 1 is 1.27 bits per heavy atom. The molecule has 7 nitrogen and oxygen atoms in total. The third-order valence-corrected chi connectivity index (χ3v) is 4.64. The van der Waals surface area contributed by atoms with Crippen molar-refractivity contribution in [2.75, 3.05) is 23.9 Å². The third kappa shape index (κ3) is 2.96. The van der Waals surface area contributed by atoms with Gasteiger partial charge >= 0.3 is 0 Å². The van der Waals surface area contributed by atoms with Crippen LogP contribution in [0.1, 0.15) is 19.0 Å². The van der Waals surface area contributed by atoms with E-state index in [4.69, 9.17) is 4.74 Å². The number of hydrogen-bond acceptors (Lipinski definition) is 5. The number of carbonyl (C=O) groups is 1. The Balaban J connectivity index is 1.55. The Morgan fingerprint density at radius 2 is 2.08 bits per heavy atom. The SMILES string of the molecule is CCc1cc(N[C@@H]2CC(=O)N(c3ccc(OC)cc3)C2)n2nccc2n1. The smallest absolute Gasteiger partial charge is 0.229 e. The van der Waals surface area contributed by atoms with Gasteiger partial charge < -0.3 is 15.0 Å². The molecule has 1 aliphatic heterocycles. The van der Waals surface area contributed by atoms with Crippen molar-refractivity contribution in [3.63, 3.8) is 0 Å². The molecule has 0 spiro atoms. The molecule has 0 bridgehead atoms. The lowest BCUT2D eigenvalue weighted by atomic mass is 10.2. The van der Waals surface area contributed by atoms with E-state index in [0.717, 1.165) is 35.0 Å². The van der Waals surface area contributed by atoms with Crippen molar-refractivity contribution < 1.29 is 9.53 Å². The second kappa shape index (κ2) is 6.67. The van der Waals surface area contributed by atoms with Gasteiger partial charge in [0.2, 0.25) is 5.91 Å². The first-order chi connectivity index (χ1) is 12.7. The number of rotatable bonds is 5. The lowest BCUT2D eigenvalue weighted by Gasteiger charge is -2.18. The molecule has 1 aromatic carbocycles. The Labute approximate surface area is 151 Å². The standard InChI is InChI=1S/C19H21N5O2/c1-3-13-10-18(24-17(21-13)8-9-20-24)22-14-11-19(25)23(12-14)15-4-6-16(26-2)7-5-15/h4-10,14,22H,3,11-12H2,1-2H3/t14-/m1/s1. The molecular weight excluding hydrogens is 330 g/mol. The van der Waals surface area contributed by atoms with E-state index >= 15 is 0 Å². The Morgan fingerprint density at radius 3 is 2.81 bits per heavy atom. The first-order valence-electron chi connectivity index (χ1n) is 8.72. The number of benzene rings is 1. The van der Waals surface area contributed by atoms with Crippen LogP contribution in [-0.2, 0) is 11.2 Å². The molecular formula is C19H21N5O2. The van der Waals surface area contributed by atoms with Crippen LogP contribution in [0.15, 0.2) is 42.6 Å². The highest BCUT2D eigenvalue weighted by Crippen LogP contribution is 2.26. The Kier molecular flexibility index (Phi) is 4.20. The molecule has 3 heterocycles. The van der Waals surface area contributed by atoms with Gasteiger partial charge in [-0.1, -0.05) is 6.92 Å². The molecule has 0 radical (unpaired) electrons. The zero-order chi connectivity index (χ0) is 18.1. The molecule has 1 aliphatic rings. The van der Waals surface area contributed by atoms with E-state index in [1.165, 1.54) is 0 Å². The molecule has 7 heteroatoms. The van der Waals surface area contributed by atoms with E-state index in [-0.39, 0.29) is 11.9 Å². The Hall–Kier alpha value is -3.09. The summed E-state index contributed by atoms with van der Waals surface area (Å²) in [6.07, 6.45) is 3.02. The number of carbonyl (C=O) groups excluding carboxylic acids is 1. The highest BCUT2D eigenvalue weighted by Gasteiger charge is 2.31. The van der Waals surface area contributed by atoms with Crippen molar-refractivity contribution in [3.8, 4) is 5.75 Å². The fourth-order valence-electron chi connectivity index (χ4n) is 3.27. The number of amides is 1. The summed E-state index contributed by atoms with van der Waals surface area (Å²) in [4.78, 5) is 18.8. The number of methoxy groups -OCH3 is 1. The van der Waals surface area contributed by atoms with Gasteiger partial charge in [-0.2, -0.15) is 9.61 Å². The maximum Gasteiger partial charge on any atom is 0.229 e. The second-order valence-corrected chi connectivity index (χ2v) is 6.34. The van der Waals surface area contributed by atoms with Gasteiger partial charge in [-0.25, -0.2) is 4.98 Å². The van der Waals surface area contributed by atoms with Crippen molar-refractivity contribution in [1.82, 2.24) is 14.6 Å². The van der Waals surface area contributed by atoms with E-state index in [1.54, 1.807) is 22.7 Å². The lowest BCUT2D eigenvalue weighted by Crippen LogP contribution is -2.28. The van der Waals surface area contributed by atoms with Crippen molar-refractivity contribution in [2.24, 2.45) is 0 Å². The second-order valence-electron chi connectivity index (χ2n) is 6.34. The molecule has 2 aromatic heterocycles. The highest BCUT2D eigenvalue weighted by molar-refractivity contribution is 5.96. The molecule has 1 amide bonds. The quantitative estimate of drug-likeness (QED) is 0.765. The summed E-state index contributed by atoms with van der Waals surface area (Å²) >= 11 is 0. The summed E-state index contributed by atoms with van der Waals surface area (Å²) in [5.74, 6) is 1.75. The van der Waals surface area contributed by atoms with Gasteiger partial charge in [-0.15, -0.1) is 0 Å². The molecule has 0 unspecified atom stereocenters. The van der Waals surface area contributed by atoms with E-state index in [2.05, 4.69) is 22.3 Å². The van der Waals surface area contributed by atoms with Crippen molar-refractivity contribution in [3.05, 3.63) is 48.3 Å². The minimum absolute atomic E-state index is 0.0177. The molecule has 1 N–H and O–H groups in total. The fraction of sp³-hybridized carbons (Fsp3) is 0.316. The summed E-state index contributed by atoms with van der Waals surface area (Å²) in [7, 11) is 1.63. The van der Waals surface area contributed by atoms with Gasteiger partial charge in [0.05, 0.1) is 19.3 Å². The largest absolute Gasteiger partial charge is 0.497 e. The van der Waals surface area contributed by atoms with E-state index in [1.807, 2.05) is 36.4 Å². The summed E-state index contributed by atoms with van der Waals surface area (Å²) in [6.45, 7) is 2.68. The topological polar surface area (TPSA) is 71.8 Å². The van der Waals surface area contributed by atoms with Crippen LogP contribution in [0.3, 0.4) is 0 Å². The van der Waals surface area contributed by atoms with E-state index < -0.39 is 0 Å². The number of nitrogens with one attached hydrogen (secondary N) is 1. The molecule has 0 aliphatic carbocycles. The zero-order valence-electron chi connectivity index (χ0n) is 14.8. The van der Waals surface area contributed by atoms with Crippen LogP contribution >= 0.6 is 0 Å².